The molecule has 1 aromatic heterocycles. The van der Waals surface area contributed by atoms with Crippen molar-refractivity contribution in [3.63, 3.8) is 0 Å². The van der Waals surface area contributed by atoms with Crippen molar-refractivity contribution in [1.82, 2.24) is 9.97 Å². The van der Waals surface area contributed by atoms with Crippen LogP contribution in [0.25, 0.3) is 0 Å². The first-order chi connectivity index (χ1) is 7.29. The maximum absolute atomic E-state index is 8.87. The lowest BCUT2D eigenvalue weighted by Gasteiger charge is -2.25. The van der Waals surface area contributed by atoms with E-state index in [9.17, 15) is 0 Å². The summed E-state index contributed by atoms with van der Waals surface area (Å²) in [4.78, 5) is 10.6. The number of hydrogen-bond acceptors (Lipinski definition) is 4. The van der Waals surface area contributed by atoms with Crippen molar-refractivity contribution in [2.45, 2.75) is 20.0 Å². The summed E-state index contributed by atoms with van der Waals surface area (Å²) in [7, 11) is 0. The Kier molecular flexibility index (Phi) is 2.97. The first-order valence-corrected chi connectivity index (χ1v) is 5.12. The molecule has 0 aromatic carbocycles. The summed E-state index contributed by atoms with van der Waals surface area (Å²) in [6.07, 6.45) is 6.62. The van der Waals surface area contributed by atoms with Crippen molar-refractivity contribution in [3.8, 4) is 0 Å². The topological polar surface area (TPSA) is 49.2 Å². The van der Waals surface area contributed by atoms with E-state index in [1.54, 1.807) is 12.4 Å². The molecule has 0 amide bonds. The molecule has 80 valence electrons. The Hall–Kier alpha value is -1.42. The zero-order chi connectivity index (χ0) is 10.7. The van der Waals surface area contributed by atoms with Crippen LogP contribution in [-0.4, -0.2) is 28.2 Å². The third-order valence-electron chi connectivity index (χ3n) is 2.59. The van der Waals surface area contributed by atoms with Gasteiger partial charge in [0.05, 0.1) is 6.61 Å². The van der Waals surface area contributed by atoms with E-state index in [1.165, 1.54) is 5.57 Å². The monoisotopic (exact) mass is 205 g/mol. The van der Waals surface area contributed by atoms with E-state index in [2.05, 4.69) is 27.9 Å². The van der Waals surface area contributed by atoms with Gasteiger partial charge in [0, 0.05) is 31.0 Å². The molecule has 0 unspecified atom stereocenters. The molecular weight excluding hydrogens is 190 g/mol. The van der Waals surface area contributed by atoms with Gasteiger partial charge in [-0.2, -0.15) is 0 Å². The molecule has 1 aliphatic rings. The average molecular weight is 205 g/mol. The number of aliphatic hydroxyl groups is 1. The molecule has 0 radical (unpaired) electrons. The molecule has 0 fully saturated rings. The van der Waals surface area contributed by atoms with Crippen molar-refractivity contribution < 1.29 is 5.11 Å². The standard InChI is InChI=1S/C11H15N3O/c1-9-2-4-14(5-3-9)11-12-6-10(8-15)7-13-11/h2,6-7,15H,3-5,8H2,1H3. The molecule has 0 spiro atoms. The highest BCUT2D eigenvalue weighted by Gasteiger charge is 2.11. The van der Waals surface area contributed by atoms with Crippen molar-refractivity contribution in [1.29, 1.82) is 0 Å². The second kappa shape index (κ2) is 4.40. The number of hydrogen-bond donors (Lipinski definition) is 1. The molecule has 0 saturated heterocycles. The van der Waals surface area contributed by atoms with Crippen molar-refractivity contribution in [3.05, 3.63) is 29.6 Å². The third-order valence-corrected chi connectivity index (χ3v) is 2.59. The van der Waals surface area contributed by atoms with Gasteiger partial charge in [0.1, 0.15) is 0 Å². The molecule has 0 atom stereocenters. The maximum atomic E-state index is 8.87. The zero-order valence-electron chi connectivity index (χ0n) is 8.85. The number of rotatable bonds is 2. The van der Waals surface area contributed by atoms with E-state index in [0.29, 0.717) is 0 Å². The lowest BCUT2D eigenvalue weighted by Crippen LogP contribution is -2.29. The molecule has 15 heavy (non-hydrogen) atoms. The van der Waals surface area contributed by atoms with Crippen LogP contribution >= 0.6 is 0 Å². The first kappa shape index (κ1) is 10.1. The molecule has 4 nitrogen and oxygen atoms in total. The highest BCUT2D eigenvalue weighted by Crippen LogP contribution is 2.14. The fourth-order valence-electron chi connectivity index (χ4n) is 1.55. The van der Waals surface area contributed by atoms with Gasteiger partial charge in [-0.3, -0.25) is 0 Å². The number of anilines is 1. The molecule has 0 aliphatic carbocycles. The Morgan fingerprint density at radius 1 is 1.40 bits per heavy atom. The Balaban J connectivity index is 2.10. The summed E-state index contributed by atoms with van der Waals surface area (Å²) in [5.74, 6) is 0.746. The van der Waals surface area contributed by atoms with Crippen LogP contribution in [0, 0.1) is 0 Å². The smallest absolute Gasteiger partial charge is 0.225 e. The van der Waals surface area contributed by atoms with Crippen molar-refractivity contribution in [2.24, 2.45) is 0 Å². The minimum absolute atomic E-state index is 0.000703. The van der Waals surface area contributed by atoms with E-state index in [0.717, 1.165) is 31.0 Å². The first-order valence-electron chi connectivity index (χ1n) is 5.12. The summed E-state index contributed by atoms with van der Waals surface area (Å²) < 4.78 is 0. The molecule has 1 aliphatic heterocycles. The molecule has 0 saturated carbocycles. The van der Waals surface area contributed by atoms with Gasteiger partial charge in [-0.25, -0.2) is 9.97 Å². The van der Waals surface area contributed by atoms with Crippen LogP contribution in [-0.2, 0) is 6.61 Å². The summed E-state index contributed by atoms with van der Waals surface area (Å²) in [5, 5.41) is 8.87. The second-order valence-corrected chi connectivity index (χ2v) is 3.80. The predicted octanol–water partition coefficient (Wildman–Crippen LogP) is 1.13. The van der Waals surface area contributed by atoms with Gasteiger partial charge < -0.3 is 10.0 Å². The summed E-state index contributed by atoms with van der Waals surface area (Å²) in [6, 6.07) is 0. The van der Waals surface area contributed by atoms with Crippen LogP contribution in [0.3, 0.4) is 0 Å². The fraction of sp³-hybridized carbons (Fsp3) is 0.455. The molecule has 0 bridgehead atoms. The number of nitrogens with zero attached hydrogens (tertiary/aromatic N) is 3. The Morgan fingerprint density at radius 2 is 2.13 bits per heavy atom. The van der Waals surface area contributed by atoms with Crippen LogP contribution in [0.4, 0.5) is 5.95 Å². The summed E-state index contributed by atoms with van der Waals surface area (Å²) >= 11 is 0. The molecule has 2 rings (SSSR count). The van der Waals surface area contributed by atoms with Gasteiger partial charge in [0.15, 0.2) is 0 Å². The minimum Gasteiger partial charge on any atom is -0.392 e. The van der Waals surface area contributed by atoms with E-state index in [-0.39, 0.29) is 6.61 Å². The summed E-state index contributed by atoms with van der Waals surface area (Å²) in [6.45, 7) is 4.00. The molecule has 2 heterocycles. The Bertz CT molecular complexity index is 359. The molecule has 1 aromatic rings. The van der Waals surface area contributed by atoms with Crippen LogP contribution in [0.5, 0.6) is 0 Å². The molecular formula is C11H15N3O. The normalized spacial score (nSPS) is 16.4. The quantitative estimate of drug-likeness (QED) is 0.735. The van der Waals surface area contributed by atoms with Crippen LogP contribution in [0.15, 0.2) is 24.0 Å². The summed E-state index contributed by atoms with van der Waals surface area (Å²) in [5.41, 5.74) is 2.18. The van der Waals surface area contributed by atoms with Gasteiger partial charge in [-0.15, -0.1) is 0 Å². The van der Waals surface area contributed by atoms with E-state index in [4.69, 9.17) is 5.11 Å². The lowest BCUT2D eigenvalue weighted by atomic mass is 10.1. The minimum atomic E-state index is -0.000703. The number of aliphatic hydroxyl groups excluding tert-OH is 1. The second-order valence-electron chi connectivity index (χ2n) is 3.80. The third kappa shape index (κ3) is 2.33. The average Bonchev–Trinajstić information content (AvgIpc) is 2.30. The van der Waals surface area contributed by atoms with Gasteiger partial charge in [0.25, 0.3) is 0 Å². The van der Waals surface area contributed by atoms with E-state index < -0.39 is 0 Å². The van der Waals surface area contributed by atoms with E-state index in [1.807, 2.05) is 0 Å². The maximum Gasteiger partial charge on any atom is 0.225 e. The zero-order valence-corrected chi connectivity index (χ0v) is 8.85. The van der Waals surface area contributed by atoms with Crippen molar-refractivity contribution >= 4 is 5.95 Å². The van der Waals surface area contributed by atoms with Crippen LogP contribution in [0.2, 0.25) is 0 Å². The van der Waals surface area contributed by atoms with Crippen LogP contribution in [0.1, 0.15) is 18.9 Å². The molecule has 4 heteroatoms. The Labute approximate surface area is 89.3 Å². The predicted molar refractivity (Wildman–Crippen MR) is 58.5 cm³/mol. The molecule has 1 N–H and O–H groups in total. The van der Waals surface area contributed by atoms with Gasteiger partial charge in [-0.1, -0.05) is 11.6 Å². The largest absolute Gasteiger partial charge is 0.392 e. The Morgan fingerprint density at radius 3 is 2.67 bits per heavy atom. The fourth-order valence-corrected chi connectivity index (χ4v) is 1.55. The highest BCUT2D eigenvalue weighted by molar-refractivity contribution is 5.33. The van der Waals surface area contributed by atoms with E-state index >= 15 is 0 Å². The van der Waals surface area contributed by atoms with Gasteiger partial charge in [0.2, 0.25) is 5.95 Å². The van der Waals surface area contributed by atoms with Crippen molar-refractivity contribution in [2.75, 3.05) is 18.0 Å². The lowest BCUT2D eigenvalue weighted by molar-refractivity contribution is 0.281. The van der Waals surface area contributed by atoms with Crippen LogP contribution < -0.4 is 4.90 Å². The highest BCUT2D eigenvalue weighted by atomic mass is 16.3. The van der Waals surface area contributed by atoms with Gasteiger partial charge in [-0.05, 0) is 13.3 Å². The van der Waals surface area contributed by atoms with Gasteiger partial charge >= 0.3 is 0 Å². The SMILES string of the molecule is CC1=CCN(c2ncc(CO)cn2)CC1. The number of aromatic nitrogens is 2.